The fraction of sp³-hybridized carbons (Fsp3) is 0.200. The molecule has 0 saturated carbocycles. The molecule has 2 heterocycles. The smallest absolute Gasteiger partial charge is 0.237 e. The van der Waals surface area contributed by atoms with Crippen LogP contribution in [-0.2, 0) is 11.3 Å². The molecule has 2 rings (SSSR count). The predicted octanol–water partition coefficient (Wildman–Crippen LogP) is 0.830. The molecular weight excluding hydrogens is 178 g/mol. The van der Waals surface area contributed by atoms with Crippen molar-refractivity contribution in [2.24, 2.45) is 5.73 Å². The third kappa shape index (κ3) is 1.35. The van der Waals surface area contributed by atoms with Crippen LogP contribution >= 0.6 is 0 Å². The van der Waals surface area contributed by atoms with Crippen LogP contribution in [0.25, 0.3) is 11.0 Å². The first-order valence-corrected chi connectivity index (χ1v) is 4.37. The number of nitrogens with zero attached hydrogens (tertiary/aromatic N) is 2. The van der Waals surface area contributed by atoms with E-state index in [1.54, 1.807) is 10.8 Å². The Kier molecular flexibility index (Phi) is 1.96. The fourth-order valence-corrected chi connectivity index (χ4v) is 1.52. The highest BCUT2D eigenvalue weighted by Crippen LogP contribution is 2.16. The monoisotopic (exact) mass is 189 g/mol. The lowest BCUT2D eigenvalue weighted by molar-refractivity contribution is -0.118. The second-order valence-electron chi connectivity index (χ2n) is 3.28. The van der Waals surface area contributed by atoms with E-state index in [1.807, 2.05) is 25.3 Å². The Bertz CT molecular complexity index is 487. The Morgan fingerprint density at radius 2 is 2.36 bits per heavy atom. The Morgan fingerprint density at radius 3 is 3.07 bits per heavy atom. The van der Waals surface area contributed by atoms with E-state index in [9.17, 15) is 4.79 Å². The molecule has 0 spiro atoms. The van der Waals surface area contributed by atoms with Crippen molar-refractivity contribution in [3.05, 3.63) is 30.1 Å². The van der Waals surface area contributed by atoms with Crippen molar-refractivity contribution < 1.29 is 4.79 Å². The van der Waals surface area contributed by atoms with Gasteiger partial charge >= 0.3 is 0 Å². The van der Waals surface area contributed by atoms with Crippen molar-refractivity contribution in [1.82, 2.24) is 9.55 Å². The van der Waals surface area contributed by atoms with Gasteiger partial charge in [0.25, 0.3) is 0 Å². The van der Waals surface area contributed by atoms with E-state index in [0.717, 1.165) is 16.6 Å². The molecule has 2 aromatic heterocycles. The zero-order valence-corrected chi connectivity index (χ0v) is 7.90. The molecule has 0 saturated heterocycles. The molecule has 4 nitrogen and oxygen atoms in total. The highest BCUT2D eigenvalue weighted by molar-refractivity contribution is 5.82. The molecule has 0 aromatic carbocycles. The van der Waals surface area contributed by atoms with E-state index in [-0.39, 0.29) is 12.5 Å². The first kappa shape index (κ1) is 8.74. The Balaban J connectivity index is 2.58. The van der Waals surface area contributed by atoms with Crippen LogP contribution in [0.2, 0.25) is 0 Å². The second kappa shape index (κ2) is 3.14. The summed E-state index contributed by atoms with van der Waals surface area (Å²) in [5.41, 5.74) is 7.09. The standard InChI is InChI=1S/C10H11N3O/c1-7-2-4-12-10-8(7)3-5-13(10)6-9(11)14/h2-5H,6H2,1H3,(H2,11,14). The van der Waals surface area contributed by atoms with Crippen LogP contribution in [-0.4, -0.2) is 15.5 Å². The summed E-state index contributed by atoms with van der Waals surface area (Å²) < 4.78 is 1.75. The molecule has 14 heavy (non-hydrogen) atoms. The molecule has 0 unspecified atom stereocenters. The molecule has 0 aliphatic carbocycles. The third-order valence-electron chi connectivity index (χ3n) is 2.21. The van der Waals surface area contributed by atoms with Crippen molar-refractivity contribution in [2.75, 3.05) is 0 Å². The molecule has 0 radical (unpaired) electrons. The minimum atomic E-state index is -0.356. The lowest BCUT2D eigenvalue weighted by atomic mass is 10.2. The average molecular weight is 189 g/mol. The van der Waals surface area contributed by atoms with Crippen molar-refractivity contribution in [1.29, 1.82) is 0 Å². The number of fused-ring (bicyclic) bond motifs is 1. The molecule has 1 amide bonds. The number of aryl methyl sites for hydroxylation is 1. The summed E-state index contributed by atoms with van der Waals surface area (Å²) in [6.07, 6.45) is 3.56. The molecule has 0 fully saturated rings. The minimum Gasteiger partial charge on any atom is -0.368 e. The lowest BCUT2D eigenvalue weighted by Gasteiger charge is -2.01. The van der Waals surface area contributed by atoms with Crippen molar-refractivity contribution in [3.8, 4) is 0 Å². The number of hydrogen-bond acceptors (Lipinski definition) is 2. The largest absolute Gasteiger partial charge is 0.368 e. The molecule has 0 aliphatic rings. The number of pyridine rings is 1. The summed E-state index contributed by atoms with van der Waals surface area (Å²) in [6, 6.07) is 3.89. The number of nitrogens with two attached hydrogens (primary N) is 1. The van der Waals surface area contributed by atoms with Crippen molar-refractivity contribution in [2.45, 2.75) is 13.5 Å². The maximum atomic E-state index is 10.8. The first-order valence-electron chi connectivity index (χ1n) is 4.37. The zero-order chi connectivity index (χ0) is 10.1. The van der Waals surface area contributed by atoms with Gasteiger partial charge in [0.1, 0.15) is 12.2 Å². The maximum absolute atomic E-state index is 10.8. The van der Waals surface area contributed by atoms with E-state index in [1.165, 1.54) is 0 Å². The van der Waals surface area contributed by atoms with Gasteiger partial charge in [-0.15, -0.1) is 0 Å². The van der Waals surface area contributed by atoms with Crippen LogP contribution in [0.3, 0.4) is 0 Å². The van der Waals surface area contributed by atoms with Crippen molar-refractivity contribution in [3.63, 3.8) is 0 Å². The van der Waals surface area contributed by atoms with E-state index in [4.69, 9.17) is 5.73 Å². The average Bonchev–Trinajstić information content (AvgIpc) is 2.49. The number of hydrogen-bond donors (Lipinski definition) is 1. The predicted molar refractivity (Wildman–Crippen MR) is 53.7 cm³/mol. The van der Waals surface area contributed by atoms with Crippen LogP contribution in [0, 0.1) is 6.92 Å². The van der Waals surface area contributed by atoms with E-state index in [0.29, 0.717) is 0 Å². The van der Waals surface area contributed by atoms with Gasteiger partial charge in [-0.05, 0) is 24.6 Å². The van der Waals surface area contributed by atoms with Gasteiger partial charge in [0.2, 0.25) is 5.91 Å². The van der Waals surface area contributed by atoms with Crippen LogP contribution in [0.15, 0.2) is 24.5 Å². The lowest BCUT2D eigenvalue weighted by Crippen LogP contribution is -2.18. The molecular formula is C10H11N3O. The molecule has 0 atom stereocenters. The molecule has 72 valence electrons. The van der Waals surface area contributed by atoms with Crippen LogP contribution in [0.1, 0.15) is 5.56 Å². The SMILES string of the molecule is Cc1ccnc2c1ccn2CC(N)=O. The number of rotatable bonds is 2. The number of primary amides is 1. The van der Waals surface area contributed by atoms with Gasteiger partial charge in [-0.3, -0.25) is 4.79 Å². The second-order valence-corrected chi connectivity index (χ2v) is 3.28. The maximum Gasteiger partial charge on any atom is 0.237 e. The van der Waals surface area contributed by atoms with Crippen LogP contribution in [0.5, 0.6) is 0 Å². The topological polar surface area (TPSA) is 60.9 Å². The van der Waals surface area contributed by atoms with Gasteiger partial charge in [-0.1, -0.05) is 0 Å². The summed E-state index contributed by atoms with van der Waals surface area (Å²) in [4.78, 5) is 15.0. The highest BCUT2D eigenvalue weighted by Gasteiger charge is 2.05. The van der Waals surface area contributed by atoms with E-state index in [2.05, 4.69) is 4.98 Å². The molecule has 0 aliphatic heterocycles. The minimum absolute atomic E-state index is 0.181. The molecule has 2 N–H and O–H groups in total. The molecule has 4 heteroatoms. The van der Waals surface area contributed by atoms with Gasteiger partial charge in [0, 0.05) is 17.8 Å². The zero-order valence-electron chi connectivity index (χ0n) is 7.90. The highest BCUT2D eigenvalue weighted by atomic mass is 16.1. The number of carbonyl (C=O) groups is 1. The summed E-state index contributed by atoms with van der Waals surface area (Å²) in [5.74, 6) is -0.356. The van der Waals surface area contributed by atoms with Gasteiger partial charge in [0.15, 0.2) is 0 Å². The summed E-state index contributed by atoms with van der Waals surface area (Å²) in [6.45, 7) is 2.19. The summed E-state index contributed by atoms with van der Waals surface area (Å²) in [7, 11) is 0. The Hall–Kier alpha value is -1.84. The van der Waals surface area contributed by atoms with Crippen molar-refractivity contribution >= 4 is 16.9 Å². The number of amides is 1. The van der Waals surface area contributed by atoms with E-state index >= 15 is 0 Å². The Labute approximate surface area is 81.3 Å². The summed E-state index contributed by atoms with van der Waals surface area (Å²) >= 11 is 0. The fourth-order valence-electron chi connectivity index (χ4n) is 1.52. The molecule has 0 bridgehead atoms. The van der Waals surface area contributed by atoms with Crippen LogP contribution < -0.4 is 5.73 Å². The summed E-state index contributed by atoms with van der Waals surface area (Å²) in [5, 5.41) is 1.06. The quantitative estimate of drug-likeness (QED) is 0.760. The Morgan fingerprint density at radius 1 is 1.57 bits per heavy atom. The van der Waals surface area contributed by atoms with Gasteiger partial charge < -0.3 is 10.3 Å². The third-order valence-corrected chi connectivity index (χ3v) is 2.21. The van der Waals surface area contributed by atoms with Gasteiger partial charge in [-0.2, -0.15) is 0 Å². The van der Waals surface area contributed by atoms with E-state index < -0.39 is 0 Å². The molecule has 2 aromatic rings. The first-order chi connectivity index (χ1) is 6.68. The van der Waals surface area contributed by atoms with Gasteiger partial charge in [0.05, 0.1) is 0 Å². The number of carbonyl (C=O) groups excluding carboxylic acids is 1. The van der Waals surface area contributed by atoms with Crippen LogP contribution in [0.4, 0.5) is 0 Å². The van der Waals surface area contributed by atoms with Gasteiger partial charge in [-0.25, -0.2) is 4.98 Å². The number of aromatic nitrogens is 2. The normalized spacial score (nSPS) is 10.6.